The highest BCUT2D eigenvalue weighted by Crippen LogP contribution is 2.24. The summed E-state index contributed by atoms with van der Waals surface area (Å²) < 4.78 is 57.8. The third kappa shape index (κ3) is 6.97. The Morgan fingerprint density at radius 3 is 2.44 bits per heavy atom. The van der Waals surface area contributed by atoms with Gasteiger partial charge in [0.1, 0.15) is 0 Å². The van der Waals surface area contributed by atoms with Gasteiger partial charge in [-0.25, -0.2) is 17.4 Å². The highest BCUT2D eigenvalue weighted by Gasteiger charge is 2.20. The van der Waals surface area contributed by atoms with Gasteiger partial charge in [0.15, 0.2) is 9.84 Å². The third-order valence-electron chi connectivity index (χ3n) is 4.13. The fourth-order valence-electron chi connectivity index (χ4n) is 2.87. The molecule has 0 radical (unpaired) electrons. The quantitative estimate of drug-likeness (QED) is 0.378. The number of carbonyl (C=O) groups is 1. The summed E-state index contributed by atoms with van der Waals surface area (Å²) in [6.07, 6.45) is 5.18. The first-order valence-electron chi connectivity index (χ1n) is 8.38. The van der Waals surface area contributed by atoms with E-state index in [-0.39, 0.29) is 16.6 Å². The van der Waals surface area contributed by atoms with E-state index in [0.29, 0.717) is 5.69 Å². The van der Waals surface area contributed by atoms with Gasteiger partial charge >= 0.3 is 16.4 Å². The van der Waals surface area contributed by atoms with Crippen LogP contribution in [0.5, 0.6) is 0 Å². The molecule has 5 N–H and O–H groups in total. The third-order valence-corrected chi connectivity index (χ3v) is 6.34. The Bertz CT molecular complexity index is 879. The molecular formula is C15H23N3O7S2. The van der Waals surface area contributed by atoms with Crippen LogP contribution < -0.4 is 16.4 Å². The summed E-state index contributed by atoms with van der Waals surface area (Å²) in [6, 6.07) is 3.63. The zero-order valence-electron chi connectivity index (χ0n) is 14.5. The van der Waals surface area contributed by atoms with Crippen molar-refractivity contribution in [2.24, 2.45) is 0 Å². The van der Waals surface area contributed by atoms with Crippen molar-refractivity contribution in [3.63, 3.8) is 0 Å². The topological polar surface area (TPSA) is 165 Å². The summed E-state index contributed by atoms with van der Waals surface area (Å²) in [7, 11) is -8.66. The van der Waals surface area contributed by atoms with E-state index in [2.05, 4.69) is 14.8 Å². The molecule has 1 saturated carbocycles. The fraction of sp³-hybridized carbons (Fsp3) is 0.533. The number of sulfone groups is 1. The molecule has 0 saturated heterocycles. The Hall–Kier alpha value is -1.89. The summed E-state index contributed by atoms with van der Waals surface area (Å²) in [6.45, 7) is -0.746. The number of nitrogens with one attached hydrogen (secondary N) is 2. The van der Waals surface area contributed by atoms with Crippen molar-refractivity contribution in [2.45, 2.75) is 43.0 Å². The van der Waals surface area contributed by atoms with Gasteiger partial charge in [-0.2, -0.15) is 8.42 Å². The zero-order valence-corrected chi connectivity index (χ0v) is 16.2. The fourth-order valence-corrected chi connectivity index (χ4v) is 4.48. The van der Waals surface area contributed by atoms with Crippen molar-refractivity contribution in [3.8, 4) is 0 Å². The number of nitrogen functional groups attached to an aromatic ring is 1. The molecule has 1 aliphatic rings. The molecule has 10 nitrogen and oxygen atoms in total. The van der Waals surface area contributed by atoms with Crippen molar-refractivity contribution < 1.29 is 30.4 Å². The van der Waals surface area contributed by atoms with Crippen molar-refractivity contribution in [2.75, 3.05) is 23.4 Å². The van der Waals surface area contributed by atoms with Crippen LogP contribution in [-0.4, -0.2) is 45.8 Å². The number of rotatable bonds is 7. The maximum atomic E-state index is 12.2. The molecule has 1 fully saturated rings. The van der Waals surface area contributed by atoms with Crippen LogP contribution >= 0.6 is 0 Å². The molecule has 0 atom stereocenters. The average Bonchev–Trinajstić information content (AvgIpc) is 2.54. The molecule has 12 heteroatoms. The number of benzene rings is 1. The number of urea groups is 1. The second-order valence-electron chi connectivity index (χ2n) is 6.25. The predicted octanol–water partition coefficient (Wildman–Crippen LogP) is 1.32. The van der Waals surface area contributed by atoms with Crippen LogP contribution in [-0.2, 0) is 24.4 Å². The first-order valence-corrected chi connectivity index (χ1v) is 11.4. The Morgan fingerprint density at radius 2 is 1.85 bits per heavy atom. The van der Waals surface area contributed by atoms with E-state index >= 15 is 0 Å². The molecule has 2 amide bonds. The van der Waals surface area contributed by atoms with Crippen molar-refractivity contribution >= 4 is 37.6 Å². The number of hydrogen-bond donors (Lipinski definition) is 4. The van der Waals surface area contributed by atoms with Gasteiger partial charge in [0, 0.05) is 11.7 Å². The molecule has 1 aromatic rings. The second-order valence-corrected chi connectivity index (χ2v) is 9.42. The minimum absolute atomic E-state index is 0.0997. The minimum Gasteiger partial charge on any atom is -0.398 e. The molecule has 152 valence electrons. The van der Waals surface area contributed by atoms with Crippen molar-refractivity contribution in [3.05, 3.63) is 18.2 Å². The molecule has 0 aliphatic heterocycles. The van der Waals surface area contributed by atoms with Crippen LogP contribution in [0.3, 0.4) is 0 Å². The number of carbonyl (C=O) groups excluding carboxylic acids is 1. The monoisotopic (exact) mass is 421 g/mol. The summed E-state index contributed by atoms with van der Waals surface area (Å²) in [5, 5.41) is 5.48. The average molecular weight is 421 g/mol. The highest BCUT2D eigenvalue weighted by atomic mass is 32.3. The van der Waals surface area contributed by atoms with E-state index in [9.17, 15) is 21.6 Å². The largest absolute Gasteiger partial charge is 0.398 e. The number of hydrogen-bond acceptors (Lipinski definition) is 7. The molecule has 0 heterocycles. The Morgan fingerprint density at radius 1 is 1.19 bits per heavy atom. The van der Waals surface area contributed by atoms with Crippen molar-refractivity contribution in [1.82, 2.24) is 5.32 Å². The summed E-state index contributed by atoms with van der Waals surface area (Å²) in [5.74, 6) is -0.689. The second kappa shape index (κ2) is 8.87. The standard InChI is InChI=1S/C15H23N3O7S2/c16-13-10-12(18-15(19)17-11-4-2-1-3-5-11)6-7-14(13)26(20,21)9-8-25-27(22,23)24/h6-7,10-11H,1-5,8-9,16H2,(H2,17,18,19)(H,22,23,24). The lowest BCUT2D eigenvalue weighted by molar-refractivity contribution is 0.244. The maximum absolute atomic E-state index is 12.2. The normalized spacial score (nSPS) is 16.0. The SMILES string of the molecule is Nc1cc(NC(=O)NC2CCCCC2)ccc1S(=O)(=O)CCOS(=O)(=O)O. The lowest BCUT2D eigenvalue weighted by Gasteiger charge is -2.23. The molecule has 0 unspecified atom stereocenters. The Balaban J connectivity index is 1.98. The van der Waals surface area contributed by atoms with Crippen molar-refractivity contribution in [1.29, 1.82) is 0 Å². The van der Waals surface area contributed by atoms with E-state index in [1.807, 2.05) is 0 Å². The summed E-state index contributed by atoms with van der Waals surface area (Å²) in [5.41, 5.74) is 5.99. The van der Waals surface area contributed by atoms with E-state index < -0.39 is 38.6 Å². The molecule has 0 spiro atoms. The van der Waals surface area contributed by atoms with Crippen LogP contribution in [0.4, 0.5) is 16.2 Å². The van der Waals surface area contributed by atoms with E-state index in [0.717, 1.165) is 25.7 Å². The molecule has 1 aliphatic carbocycles. The zero-order chi connectivity index (χ0) is 20.1. The van der Waals surface area contributed by atoms with Gasteiger partial charge in [-0.1, -0.05) is 19.3 Å². The molecule has 0 bridgehead atoms. The molecule has 27 heavy (non-hydrogen) atoms. The van der Waals surface area contributed by atoms with Gasteiger partial charge in [-0.15, -0.1) is 0 Å². The lowest BCUT2D eigenvalue weighted by Crippen LogP contribution is -2.39. The van der Waals surface area contributed by atoms with Crippen LogP contribution in [0.15, 0.2) is 23.1 Å². The number of nitrogens with two attached hydrogens (primary N) is 1. The van der Waals surface area contributed by atoms with Gasteiger partial charge in [0.25, 0.3) is 0 Å². The maximum Gasteiger partial charge on any atom is 0.397 e. The first kappa shape index (κ1) is 21.4. The van der Waals surface area contributed by atoms with Gasteiger partial charge < -0.3 is 16.4 Å². The van der Waals surface area contributed by atoms with Gasteiger partial charge in [-0.05, 0) is 31.0 Å². The van der Waals surface area contributed by atoms with Crippen LogP contribution in [0, 0.1) is 0 Å². The van der Waals surface area contributed by atoms with E-state index in [4.69, 9.17) is 10.3 Å². The summed E-state index contributed by atoms with van der Waals surface area (Å²) in [4.78, 5) is 11.8. The predicted molar refractivity (Wildman–Crippen MR) is 99.4 cm³/mol. The highest BCUT2D eigenvalue weighted by molar-refractivity contribution is 7.91. The van der Waals surface area contributed by atoms with Gasteiger partial charge in [0.05, 0.1) is 22.9 Å². The van der Waals surface area contributed by atoms with Crippen LogP contribution in [0.1, 0.15) is 32.1 Å². The molecule has 1 aromatic carbocycles. The molecule has 0 aromatic heterocycles. The van der Waals surface area contributed by atoms with Gasteiger partial charge in [-0.3, -0.25) is 4.55 Å². The van der Waals surface area contributed by atoms with E-state index in [1.165, 1.54) is 24.6 Å². The Kier molecular flexibility index (Phi) is 7.03. The molecule has 2 rings (SSSR count). The van der Waals surface area contributed by atoms with Gasteiger partial charge in [0.2, 0.25) is 0 Å². The summed E-state index contributed by atoms with van der Waals surface area (Å²) >= 11 is 0. The van der Waals surface area contributed by atoms with E-state index in [1.54, 1.807) is 0 Å². The smallest absolute Gasteiger partial charge is 0.397 e. The number of amides is 2. The lowest BCUT2D eigenvalue weighted by atomic mass is 9.96. The molecular weight excluding hydrogens is 398 g/mol. The first-order chi connectivity index (χ1) is 12.6. The minimum atomic E-state index is -4.72. The van der Waals surface area contributed by atoms with Crippen LogP contribution in [0.25, 0.3) is 0 Å². The Labute approximate surface area is 158 Å². The number of anilines is 2. The van der Waals surface area contributed by atoms with Crippen LogP contribution in [0.2, 0.25) is 0 Å².